The molecule has 0 spiro atoms. The maximum atomic E-state index is 12.9. The van der Waals surface area contributed by atoms with Crippen LogP contribution in [0, 0.1) is 5.92 Å². The summed E-state index contributed by atoms with van der Waals surface area (Å²) in [7, 11) is 1.58. The van der Waals surface area contributed by atoms with Crippen LogP contribution in [0.2, 0.25) is 0 Å². The molecule has 1 heterocycles. The lowest BCUT2D eigenvalue weighted by Gasteiger charge is -2.37. The first-order valence-corrected chi connectivity index (χ1v) is 7.29. The van der Waals surface area contributed by atoms with Crippen molar-refractivity contribution in [2.45, 2.75) is 45.1 Å². The summed E-state index contributed by atoms with van der Waals surface area (Å²) in [4.78, 5) is 16.9. The Morgan fingerprint density at radius 1 is 1.40 bits per heavy atom. The molecule has 0 N–H and O–H groups in total. The van der Waals surface area contributed by atoms with Crippen molar-refractivity contribution >= 4 is 5.78 Å². The lowest BCUT2D eigenvalue weighted by Crippen LogP contribution is -2.44. The molecular formula is C16H23NO3. The minimum absolute atomic E-state index is 0.0395. The van der Waals surface area contributed by atoms with Gasteiger partial charge in [-0.25, -0.2) is 0 Å². The van der Waals surface area contributed by atoms with Crippen LogP contribution in [0.5, 0.6) is 5.75 Å². The maximum absolute atomic E-state index is 12.9. The van der Waals surface area contributed by atoms with Crippen LogP contribution < -0.4 is 4.74 Å². The number of pyridine rings is 1. The molecule has 1 saturated carbocycles. The van der Waals surface area contributed by atoms with Crippen molar-refractivity contribution < 1.29 is 14.3 Å². The molecule has 0 radical (unpaired) electrons. The molecule has 0 amide bonds. The van der Waals surface area contributed by atoms with Gasteiger partial charge >= 0.3 is 0 Å². The fourth-order valence-electron chi connectivity index (χ4n) is 2.86. The summed E-state index contributed by atoms with van der Waals surface area (Å²) in [6.07, 6.45) is 6.85. The van der Waals surface area contributed by atoms with E-state index in [4.69, 9.17) is 9.47 Å². The Labute approximate surface area is 120 Å². The number of methoxy groups -OCH3 is 1. The van der Waals surface area contributed by atoms with Crippen molar-refractivity contribution in [2.75, 3.05) is 13.7 Å². The van der Waals surface area contributed by atoms with Crippen LogP contribution in [0.1, 0.15) is 49.9 Å². The summed E-state index contributed by atoms with van der Waals surface area (Å²) in [5, 5.41) is 0. The van der Waals surface area contributed by atoms with Crippen LogP contribution in [0.3, 0.4) is 0 Å². The number of Topliss-reactive ketones (excluding diaryl/α,β-unsaturated/α-hetero) is 1. The van der Waals surface area contributed by atoms with E-state index in [-0.39, 0.29) is 5.78 Å². The molecule has 1 aromatic heterocycles. The standard InChI is InChI=1S/C16H23NO3/c1-4-20-16(7-5-12(2)6-8-16)15(18)13-9-14(19-3)11-17-10-13/h9-12H,4-8H2,1-3H3. The largest absolute Gasteiger partial charge is 0.495 e. The van der Waals surface area contributed by atoms with E-state index in [9.17, 15) is 4.79 Å². The number of nitrogens with zero attached hydrogens (tertiary/aromatic N) is 1. The lowest BCUT2D eigenvalue weighted by atomic mass is 9.75. The van der Waals surface area contributed by atoms with E-state index >= 15 is 0 Å². The van der Waals surface area contributed by atoms with Crippen molar-refractivity contribution in [3.8, 4) is 5.75 Å². The zero-order valence-electron chi connectivity index (χ0n) is 12.5. The Balaban J connectivity index is 2.26. The van der Waals surface area contributed by atoms with Gasteiger partial charge in [0.1, 0.15) is 11.4 Å². The third-order valence-corrected chi connectivity index (χ3v) is 4.13. The number of rotatable bonds is 5. The van der Waals surface area contributed by atoms with E-state index in [1.54, 1.807) is 25.6 Å². The molecule has 0 bridgehead atoms. The fraction of sp³-hybridized carbons (Fsp3) is 0.625. The van der Waals surface area contributed by atoms with Gasteiger partial charge in [0.15, 0.2) is 5.78 Å². The zero-order valence-corrected chi connectivity index (χ0v) is 12.5. The van der Waals surface area contributed by atoms with E-state index in [1.165, 1.54) is 0 Å². The Morgan fingerprint density at radius 3 is 2.70 bits per heavy atom. The molecule has 20 heavy (non-hydrogen) atoms. The number of ketones is 1. The molecule has 0 unspecified atom stereocenters. The van der Waals surface area contributed by atoms with Crippen molar-refractivity contribution in [2.24, 2.45) is 5.92 Å². The third-order valence-electron chi connectivity index (χ3n) is 4.13. The molecule has 1 aliphatic rings. The van der Waals surface area contributed by atoms with Gasteiger partial charge in [-0.1, -0.05) is 6.92 Å². The van der Waals surface area contributed by atoms with Crippen molar-refractivity contribution in [1.29, 1.82) is 0 Å². The predicted molar refractivity (Wildman–Crippen MR) is 77.1 cm³/mol. The summed E-state index contributed by atoms with van der Waals surface area (Å²) in [5.74, 6) is 1.31. The molecule has 0 saturated heterocycles. The highest BCUT2D eigenvalue weighted by Crippen LogP contribution is 2.37. The highest BCUT2D eigenvalue weighted by Gasteiger charge is 2.42. The summed E-state index contributed by atoms with van der Waals surface area (Å²) in [6.45, 7) is 4.72. The molecule has 4 nitrogen and oxygen atoms in total. The second-order valence-electron chi connectivity index (χ2n) is 5.55. The fourth-order valence-corrected chi connectivity index (χ4v) is 2.86. The van der Waals surface area contributed by atoms with Gasteiger partial charge < -0.3 is 9.47 Å². The third kappa shape index (κ3) is 3.01. The second-order valence-corrected chi connectivity index (χ2v) is 5.55. The first kappa shape index (κ1) is 15.0. The number of carbonyl (C=O) groups is 1. The second kappa shape index (κ2) is 6.35. The average molecular weight is 277 g/mol. The molecule has 4 heteroatoms. The summed E-state index contributed by atoms with van der Waals surface area (Å²) in [5.41, 5.74) is -0.0951. The van der Waals surface area contributed by atoms with Gasteiger partial charge in [0.2, 0.25) is 0 Å². The molecule has 0 aliphatic heterocycles. The first-order chi connectivity index (χ1) is 9.61. The number of hydrogen-bond donors (Lipinski definition) is 0. The number of aromatic nitrogens is 1. The van der Waals surface area contributed by atoms with Crippen LogP contribution in [0.15, 0.2) is 18.5 Å². The SMILES string of the molecule is CCOC1(C(=O)c2cncc(OC)c2)CCC(C)CC1. The Kier molecular flexibility index (Phi) is 4.76. The van der Waals surface area contributed by atoms with Gasteiger partial charge in [0.05, 0.1) is 13.3 Å². The summed E-state index contributed by atoms with van der Waals surface area (Å²) >= 11 is 0. The van der Waals surface area contributed by atoms with Crippen LogP contribution in [-0.4, -0.2) is 30.1 Å². The smallest absolute Gasteiger partial charge is 0.196 e. The van der Waals surface area contributed by atoms with Crippen LogP contribution >= 0.6 is 0 Å². The van der Waals surface area contributed by atoms with Gasteiger partial charge in [0.25, 0.3) is 0 Å². The normalized spacial score (nSPS) is 26.2. The van der Waals surface area contributed by atoms with Crippen molar-refractivity contribution in [3.05, 3.63) is 24.0 Å². The van der Waals surface area contributed by atoms with Gasteiger partial charge in [0, 0.05) is 18.4 Å². The maximum Gasteiger partial charge on any atom is 0.196 e. The summed E-state index contributed by atoms with van der Waals surface area (Å²) in [6, 6.07) is 1.74. The van der Waals surface area contributed by atoms with E-state index in [1.807, 2.05) is 6.92 Å². The Morgan fingerprint density at radius 2 is 2.10 bits per heavy atom. The lowest BCUT2D eigenvalue weighted by molar-refractivity contribution is -0.0474. The predicted octanol–water partition coefficient (Wildman–Crippen LogP) is 3.26. The molecule has 0 aromatic carbocycles. The van der Waals surface area contributed by atoms with Gasteiger partial charge in [-0.05, 0) is 44.6 Å². The average Bonchev–Trinajstić information content (AvgIpc) is 2.49. The summed E-state index contributed by atoms with van der Waals surface area (Å²) < 4.78 is 11.0. The molecule has 2 rings (SSSR count). The van der Waals surface area contributed by atoms with Crippen molar-refractivity contribution in [3.63, 3.8) is 0 Å². The van der Waals surface area contributed by atoms with E-state index < -0.39 is 5.60 Å². The Bertz CT molecular complexity index is 465. The van der Waals surface area contributed by atoms with E-state index in [0.717, 1.165) is 25.7 Å². The molecule has 1 aliphatic carbocycles. The monoisotopic (exact) mass is 277 g/mol. The minimum atomic E-state index is -0.671. The molecule has 1 fully saturated rings. The number of ether oxygens (including phenoxy) is 2. The van der Waals surface area contributed by atoms with E-state index in [2.05, 4.69) is 11.9 Å². The topological polar surface area (TPSA) is 48.4 Å². The number of hydrogen-bond acceptors (Lipinski definition) is 4. The molecular weight excluding hydrogens is 254 g/mol. The van der Waals surface area contributed by atoms with Gasteiger partial charge in [-0.2, -0.15) is 0 Å². The zero-order chi connectivity index (χ0) is 14.6. The molecule has 110 valence electrons. The van der Waals surface area contributed by atoms with Gasteiger partial charge in [-0.15, -0.1) is 0 Å². The quantitative estimate of drug-likeness (QED) is 0.775. The highest BCUT2D eigenvalue weighted by molar-refractivity contribution is 6.02. The molecule has 1 aromatic rings. The minimum Gasteiger partial charge on any atom is -0.495 e. The number of carbonyl (C=O) groups excluding carboxylic acids is 1. The Hall–Kier alpha value is -1.42. The van der Waals surface area contributed by atoms with E-state index in [0.29, 0.717) is 23.8 Å². The van der Waals surface area contributed by atoms with Crippen LogP contribution in [0.4, 0.5) is 0 Å². The van der Waals surface area contributed by atoms with Crippen LogP contribution in [-0.2, 0) is 4.74 Å². The van der Waals surface area contributed by atoms with Gasteiger partial charge in [-0.3, -0.25) is 9.78 Å². The first-order valence-electron chi connectivity index (χ1n) is 7.29. The highest BCUT2D eigenvalue weighted by atomic mass is 16.5. The molecule has 0 atom stereocenters. The van der Waals surface area contributed by atoms with Crippen molar-refractivity contribution in [1.82, 2.24) is 4.98 Å². The van der Waals surface area contributed by atoms with Crippen LogP contribution in [0.25, 0.3) is 0 Å².